The van der Waals surface area contributed by atoms with Crippen molar-refractivity contribution in [1.82, 2.24) is 20.6 Å². The highest BCUT2D eigenvalue weighted by atomic mass is 32.1. The molecular weight excluding hydrogens is 352 g/mol. The Balaban J connectivity index is 1.42. The fourth-order valence-electron chi connectivity index (χ4n) is 3.14. The average molecular weight is 374 g/mol. The molecule has 8 heteroatoms. The van der Waals surface area contributed by atoms with Crippen LogP contribution in [-0.2, 0) is 11.2 Å². The summed E-state index contributed by atoms with van der Waals surface area (Å²) >= 11 is 1.35. The molecule has 0 saturated heterocycles. The molecule has 3 atom stereocenters. The van der Waals surface area contributed by atoms with E-state index < -0.39 is 6.10 Å². The Morgan fingerprint density at radius 3 is 2.92 bits per heavy atom. The van der Waals surface area contributed by atoms with Crippen LogP contribution in [0.25, 0.3) is 0 Å². The van der Waals surface area contributed by atoms with Crippen molar-refractivity contribution in [3.8, 4) is 0 Å². The third-order valence-corrected chi connectivity index (χ3v) is 5.19. The van der Waals surface area contributed by atoms with E-state index in [1.54, 1.807) is 23.3 Å². The minimum absolute atomic E-state index is 0.0442. The summed E-state index contributed by atoms with van der Waals surface area (Å²) in [7, 11) is 0. The summed E-state index contributed by atoms with van der Waals surface area (Å²) in [5, 5.41) is 17.7. The van der Waals surface area contributed by atoms with E-state index >= 15 is 0 Å². The predicted octanol–water partition coefficient (Wildman–Crippen LogP) is 1.16. The van der Waals surface area contributed by atoms with Gasteiger partial charge in [0.1, 0.15) is 5.69 Å². The molecule has 1 aliphatic rings. The minimum atomic E-state index is -0.736. The van der Waals surface area contributed by atoms with E-state index in [1.807, 2.05) is 12.1 Å². The monoisotopic (exact) mass is 374 g/mol. The first-order valence-electron chi connectivity index (χ1n) is 8.67. The van der Waals surface area contributed by atoms with Crippen molar-refractivity contribution in [3.63, 3.8) is 0 Å². The van der Waals surface area contributed by atoms with Gasteiger partial charge in [-0.1, -0.05) is 6.07 Å². The first-order chi connectivity index (χ1) is 12.6. The standard InChI is InChI=1S/C18H22N4O3S/c23-16-8-13(17(24)20-7-5-12-2-1-6-19-9-12)3-4-14(16)22-18(25)15-10-26-11-21-15/h1-2,6,9-11,13-14,16,23H,3-5,7-8H2,(H,20,24)(H,22,25)/t13-,14-,16-/m0/s1. The van der Waals surface area contributed by atoms with Gasteiger partial charge in [-0.25, -0.2) is 4.98 Å². The van der Waals surface area contributed by atoms with Crippen molar-refractivity contribution < 1.29 is 14.7 Å². The molecule has 0 aromatic carbocycles. The molecule has 1 saturated carbocycles. The van der Waals surface area contributed by atoms with E-state index in [-0.39, 0.29) is 23.8 Å². The summed E-state index contributed by atoms with van der Waals surface area (Å²) in [4.78, 5) is 32.4. The number of hydrogen-bond donors (Lipinski definition) is 3. The van der Waals surface area contributed by atoms with Gasteiger partial charge >= 0.3 is 0 Å². The predicted molar refractivity (Wildman–Crippen MR) is 97.7 cm³/mol. The van der Waals surface area contributed by atoms with Gasteiger partial charge in [0.2, 0.25) is 5.91 Å². The maximum atomic E-state index is 12.3. The van der Waals surface area contributed by atoms with E-state index in [2.05, 4.69) is 20.6 Å². The molecule has 7 nitrogen and oxygen atoms in total. The molecule has 26 heavy (non-hydrogen) atoms. The Bertz CT molecular complexity index is 723. The Kier molecular flexibility index (Phi) is 6.30. The number of pyridine rings is 1. The average Bonchev–Trinajstić information content (AvgIpc) is 3.19. The van der Waals surface area contributed by atoms with Crippen LogP contribution < -0.4 is 10.6 Å². The number of carbonyl (C=O) groups is 2. The third kappa shape index (κ3) is 4.86. The minimum Gasteiger partial charge on any atom is -0.391 e. The molecule has 2 aromatic heterocycles. The van der Waals surface area contributed by atoms with Crippen molar-refractivity contribution in [3.05, 3.63) is 46.7 Å². The largest absolute Gasteiger partial charge is 0.391 e. The summed E-state index contributed by atoms with van der Waals surface area (Å²) in [6.45, 7) is 0.543. The van der Waals surface area contributed by atoms with Crippen LogP contribution in [0.3, 0.4) is 0 Å². The van der Waals surface area contributed by atoms with Crippen molar-refractivity contribution in [1.29, 1.82) is 0 Å². The van der Waals surface area contributed by atoms with Gasteiger partial charge in [0.25, 0.3) is 5.91 Å². The van der Waals surface area contributed by atoms with Crippen LogP contribution in [0, 0.1) is 5.92 Å². The topological polar surface area (TPSA) is 104 Å². The molecule has 1 aliphatic carbocycles. The number of rotatable bonds is 6. The third-order valence-electron chi connectivity index (χ3n) is 4.60. The highest BCUT2D eigenvalue weighted by Crippen LogP contribution is 2.25. The van der Waals surface area contributed by atoms with Crippen molar-refractivity contribution in [2.75, 3.05) is 6.54 Å². The van der Waals surface area contributed by atoms with Crippen molar-refractivity contribution >= 4 is 23.2 Å². The molecule has 2 amide bonds. The van der Waals surface area contributed by atoms with Gasteiger partial charge in [-0.15, -0.1) is 11.3 Å². The van der Waals surface area contributed by atoms with Gasteiger partial charge in [0.05, 0.1) is 17.7 Å². The number of aliphatic hydroxyl groups excluding tert-OH is 1. The van der Waals surface area contributed by atoms with Gasteiger partial charge in [-0.2, -0.15) is 0 Å². The van der Waals surface area contributed by atoms with E-state index in [1.165, 1.54) is 11.3 Å². The molecular formula is C18H22N4O3S. The van der Waals surface area contributed by atoms with Crippen LogP contribution in [0.4, 0.5) is 0 Å². The first-order valence-corrected chi connectivity index (χ1v) is 9.61. The highest BCUT2D eigenvalue weighted by Gasteiger charge is 2.33. The zero-order valence-corrected chi connectivity index (χ0v) is 15.1. The number of nitrogens with one attached hydrogen (secondary N) is 2. The Hall–Kier alpha value is -2.32. The second-order valence-electron chi connectivity index (χ2n) is 6.43. The van der Waals surface area contributed by atoms with E-state index in [9.17, 15) is 14.7 Å². The molecule has 2 aromatic rings. The van der Waals surface area contributed by atoms with Crippen LogP contribution in [-0.4, -0.2) is 45.6 Å². The van der Waals surface area contributed by atoms with Gasteiger partial charge in [0.15, 0.2) is 0 Å². The van der Waals surface area contributed by atoms with Gasteiger partial charge in [0, 0.05) is 30.2 Å². The molecule has 3 N–H and O–H groups in total. The number of nitrogens with zero attached hydrogens (tertiary/aromatic N) is 2. The number of aliphatic hydroxyl groups is 1. The smallest absolute Gasteiger partial charge is 0.271 e. The van der Waals surface area contributed by atoms with Crippen molar-refractivity contribution in [2.24, 2.45) is 5.92 Å². The molecule has 0 aliphatic heterocycles. The fourth-order valence-corrected chi connectivity index (χ4v) is 3.67. The first kappa shape index (κ1) is 18.5. The molecule has 0 unspecified atom stereocenters. The van der Waals surface area contributed by atoms with Gasteiger partial charge < -0.3 is 15.7 Å². The lowest BCUT2D eigenvalue weighted by Crippen LogP contribution is -2.49. The zero-order chi connectivity index (χ0) is 18.4. The van der Waals surface area contributed by atoms with Gasteiger partial charge in [-0.05, 0) is 37.3 Å². The second-order valence-corrected chi connectivity index (χ2v) is 7.15. The lowest BCUT2D eigenvalue weighted by Gasteiger charge is -2.32. The maximum absolute atomic E-state index is 12.3. The molecule has 3 rings (SSSR count). The van der Waals surface area contributed by atoms with Crippen LogP contribution in [0.15, 0.2) is 35.4 Å². The van der Waals surface area contributed by atoms with E-state index in [0.29, 0.717) is 31.5 Å². The Morgan fingerprint density at radius 2 is 2.23 bits per heavy atom. The number of carbonyl (C=O) groups excluding carboxylic acids is 2. The quantitative estimate of drug-likeness (QED) is 0.704. The number of hydrogen-bond acceptors (Lipinski definition) is 6. The SMILES string of the molecule is O=C(N[C@H]1CC[C@H](C(=O)NCCc2cccnc2)C[C@@H]1O)c1cscn1. The Labute approximate surface area is 155 Å². The second kappa shape index (κ2) is 8.86. The summed E-state index contributed by atoms with van der Waals surface area (Å²) in [5.74, 6) is -0.557. The summed E-state index contributed by atoms with van der Waals surface area (Å²) in [6.07, 6.45) is 5.04. The summed E-state index contributed by atoms with van der Waals surface area (Å²) in [5.41, 5.74) is 3.02. The van der Waals surface area contributed by atoms with E-state index in [0.717, 1.165) is 12.0 Å². The van der Waals surface area contributed by atoms with Crippen LogP contribution in [0.5, 0.6) is 0 Å². The molecule has 2 heterocycles. The number of amides is 2. The number of aromatic nitrogens is 2. The summed E-state index contributed by atoms with van der Waals surface area (Å²) in [6, 6.07) is 3.50. The molecule has 138 valence electrons. The molecule has 0 radical (unpaired) electrons. The normalized spacial score (nSPS) is 22.6. The zero-order valence-electron chi connectivity index (χ0n) is 14.3. The van der Waals surface area contributed by atoms with Crippen molar-refractivity contribution in [2.45, 2.75) is 37.8 Å². The lowest BCUT2D eigenvalue weighted by atomic mass is 9.83. The Morgan fingerprint density at radius 1 is 1.35 bits per heavy atom. The number of thiazole rings is 1. The van der Waals surface area contributed by atoms with Crippen LogP contribution in [0.2, 0.25) is 0 Å². The fraction of sp³-hybridized carbons (Fsp3) is 0.444. The van der Waals surface area contributed by atoms with E-state index in [4.69, 9.17) is 0 Å². The van der Waals surface area contributed by atoms with Crippen LogP contribution >= 0.6 is 11.3 Å². The molecule has 1 fully saturated rings. The molecule has 0 spiro atoms. The van der Waals surface area contributed by atoms with Gasteiger partial charge in [-0.3, -0.25) is 14.6 Å². The maximum Gasteiger partial charge on any atom is 0.271 e. The lowest BCUT2D eigenvalue weighted by molar-refractivity contribution is -0.127. The highest BCUT2D eigenvalue weighted by molar-refractivity contribution is 7.07. The molecule has 0 bridgehead atoms. The van der Waals surface area contributed by atoms with Crippen LogP contribution in [0.1, 0.15) is 35.3 Å². The summed E-state index contributed by atoms with van der Waals surface area (Å²) < 4.78 is 0.